The highest BCUT2D eigenvalue weighted by Gasteiger charge is 2.31. The van der Waals surface area contributed by atoms with Crippen molar-refractivity contribution in [3.63, 3.8) is 0 Å². The van der Waals surface area contributed by atoms with Gasteiger partial charge in [0.25, 0.3) is 0 Å². The van der Waals surface area contributed by atoms with Crippen molar-refractivity contribution in [3.05, 3.63) is 46.2 Å². The summed E-state index contributed by atoms with van der Waals surface area (Å²) in [5.74, 6) is 0.698. The summed E-state index contributed by atoms with van der Waals surface area (Å²) in [6.45, 7) is 3.53. The molecule has 5 nitrogen and oxygen atoms in total. The molecule has 1 aromatic carbocycles. The van der Waals surface area contributed by atoms with Crippen LogP contribution in [0.15, 0.2) is 24.4 Å². The molecule has 1 saturated heterocycles. The molecule has 0 radical (unpaired) electrons. The third kappa shape index (κ3) is 3.52. The van der Waals surface area contributed by atoms with Gasteiger partial charge in [-0.05, 0) is 31.0 Å². The standard InChI is InChI=1S/C17H22ClN3O2/c1-11-13(10-21(2)20-11)17-15(6-7-23-17)19-9-12-4-5-16(22-3)14(18)8-12/h4-5,8,10,15,17,19H,6-7,9H2,1-3H3/t15-,17+/m0/s1. The second kappa shape index (κ2) is 6.91. The van der Waals surface area contributed by atoms with Gasteiger partial charge in [0.2, 0.25) is 0 Å². The SMILES string of the molecule is COc1ccc(CN[C@H]2CCO[C@@H]2c2cn(C)nc2C)cc1Cl. The van der Waals surface area contributed by atoms with Crippen LogP contribution in [0.25, 0.3) is 0 Å². The Hall–Kier alpha value is -1.56. The Morgan fingerprint density at radius 1 is 1.48 bits per heavy atom. The summed E-state index contributed by atoms with van der Waals surface area (Å²) >= 11 is 6.18. The van der Waals surface area contributed by atoms with E-state index in [1.54, 1.807) is 7.11 Å². The summed E-state index contributed by atoms with van der Waals surface area (Å²) in [6, 6.07) is 6.14. The first-order valence-electron chi connectivity index (χ1n) is 7.76. The van der Waals surface area contributed by atoms with Gasteiger partial charge in [0, 0.05) is 38.0 Å². The van der Waals surface area contributed by atoms with E-state index in [9.17, 15) is 0 Å². The number of methoxy groups -OCH3 is 1. The predicted octanol–water partition coefficient (Wildman–Crippen LogP) is 3.01. The summed E-state index contributed by atoms with van der Waals surface area (Å²) in [5.41, 5.74) is 3.32. The van der Waals surface area contributed by atoms with Crippen molar-refractivity contribution in [1.82, 2.24) is 15.1 Å². The lowest BCUT2D eigenvalue weighted by Gasteiger charge is -2.20. The molecule has 0 aliphatic carbocycles. The van der Waals surface area contributed by atoms with E-state index in [2.05, 4.69) is 10.4 Å². The molecule has 1 aromatic heterocycles. The lowest BCUT2D eigenvalue weighted by atomic mass is 10.0. The Kier molecular flexibility index (Phi) is 4.90. The molecule has 124 valence electrons. The van der Waals surface area contributed by atoms with E-state index in [1.807, 2.05) is 43.0 Å². The minimum absolute atomic E-state index is 0.0532. The molecule has 23 heavy (non-hydrogen) atoms. The number of aromatic nitrogens is 2. The van der Waals surface area contributed by atoms with Gasteiger partial charge in [0.1, 0.15) is 11.9 Å². The first-order valence-corrected chi connectivity index (χ1v) is 8.14. The average molecular weight is 336 g/mol. The number of halogens is 1. The fraction of sp³-hybridized carbons (Fsp3) is 0.471. The molecular formula is C17H22ClN3O2. The lowest BCUT2D eigenvalue weighted by Crippen LogP contribution is -2.31. The first-order chi connectivity index (χ1) is 11.1. The fourth-order valence-electron chi connectivity index (χ4n) is 3.07. The highest BCUT2D eigenvalue weighted by Crippen LogP contribution is 2.31. The van der Waals surface area contributed by atoms with Crippen molar-refractivity contribution in [2.75, 3.05) is 13.7 Å². The number of nitrogens with zero attached hydrogens (tertiary/aromatic N) is 2. The van der Waals surface area contributed by atoms with Gasteiger partial charge in [0.05, 0.1) is 17.8 Å². The molecule has 1 aliphatic heterocycles. The minimum Gasteiger partial charge on any atom is -0.495 e. The molecule has 0 unspecified atom stereocenters. The van der Waals surface area contributed by atoms with Crippen LogP contribution in [0.4, 0.5) is 0 Å². The summed E-state index contributed by atoms with van der Waals surface area (Å²) in [7, 11) is 3.56. The van der Waals surface area contributed by atoms with Crippen LogP contribution in [0.2, 0.25) is 5.02 Å². The first kappa shape index (κ1) is 16.3. The number of ether oxygens (including phenoxy) is 2. The highest BCUT2D eigenvalue weighted by molar-refractivity contribution is 6.32. The predicted molar refractivity (Wildman–Crippen MR) is 89.9 cm³/mol. The van der Waals surface area contributed by atoms with E-state index in [-0.39, 0.29) is 12.1 Å². The van der Waals surface area contributed by atoms with E-state index in [1.165, 1.54) is 0 Å². The van der Waals surface area contributed by atoms with Crippen LogP contribution in [0.3, 0.4) is 0 Å². The molecule has 1 N–H and O–H groups in total. The van der Waals surface area contributed by atoms with Crippen LogP contribution in [-0.4, -0.2) is 29.5 Å². The molecule has 0 amide bonds. The third-order valence-corrected chi connectivity index (χ3v) is 4.53. The van der Waals surface area contributed by atoms with Crippen LogP contribution in [0.1, 0.15) is 29.3 Å². The van der Waals surface area contributed by atoms with Crippen molar-refractivity contribution >= 4 is 11.6 Å². The average Bonchev–Trinajstić information content (AvgIpc) is 3.11. The van der Waals surface area contributed by atoms with Crippen molar-refractivity contribution in [2.24, 2.45) is 7.05 Å². The van der Waals surface area contributed by atoms with Crippen LogP contribution in [-0.2, 0) is 18.3 Å². The molecule has 1 fully saturated rings. The van der Waals surface area contributed by atoms with E-state index >= 15 is 0 Å². The molecule has 1 aliphatic rings. The van der Waals surface area contributed by atoms with Gasteiger partial charge in [-0.1, -0.05) is 17.7 Å². The Labute approximate surface area is 141 Å². The number of nitrogens with one attached hydrogen (secondary N) is 1. The number of benzene rings is 1. The van der Waals surface area contributed by atoms with E-state index in [0.717, 1.165) is 36.4 Å². The largest absolute Gasteiger partial charge is 0.495 e. The fourth-order valence-corrected chi connectivity index (χ4v) is 3.35. The van der Waals surface area contributed by atoms with Gasteiger partial charge >= 0.3 is 0 Å². The van der Waals surface area contributed by atoms with Gasteiger partial charge in [-0.25, -0.2) is 0 Å². The molecule has 2 atom stereocenters. The smallest absolute Gasteiger partial charge is 0.137 e. The number of hydrogen-bond donors (Lipinski definition) is 1. The summed E-state index contributed by atoms with van der Waals surface area (Å²) in [5, 5.41) is 8.64. The van der Waals surface area contributed by atoms with Crippen molar-refractivity contribution in [3.8, 4) is 5.75 Å². The second-order valence-electron chi connectivity index (χ2n) is 5.88. The molecular weight excluding hydrogens is 314 g/mol. The molecule has 0 saturated carbocycles. The Morgan fingerprint density at radius 3 is 2.96 bits per heavy atom. The summed E-state index contributed by atoms with van der Waals surface area (Å²) in [4.78, 5) is 0. The molecule has 2 heterocycles. The monoisotopic (exact) mass is 335 g/mol. The van der Waals surface area contributed by atoms with Crippen LogP contribution < -0.4 is 10.1 Å². The zero-order valence-electron chi connectivity index (χ0n) is 13.7. The Bertz CT molecular complexity index is 686. The normalized spacial score (nSPS) is 20.9. The van der Waals surface area contributed by atoms with Crippen LogP contribution in [0, 0.1) is 6.92 Å². The summed E-state index contributed by atoms with van der Waals surface area (Å²) in [6.07, 6.45) is 3.09. The van der Waals surface area contributed by atoms with E-state index in [4.69, 9.17) is 21.1 Å². The van der Waals surface area contributed by atoms with E-state index < -0.39 is 0 Å². The number of rotatable bonds is 5. The van der Waals surface area contributed by atoms with Crippen molar-refractivity contribution in [1.29, 1.82) is 0 Å². The van der Waals surface area contributed by atoms with Crippen molar-refractivity contribution in [2.45, 2.75) is 32.0 Å². The highest BCUT2D eigenvalue weighted by atomic mass is 35.5. The zero-order chi connectivity index (χ0) is 16.4. The molecule has 3 rings (SSSR count). The van der Waals surface area contributed by atoms with Gasteiger partial charge in [-0.2, -0.15) is 5.10 Å². The second-order valence-corrected chi connectivity index (χ2v) is 6.29. The van der Waals surface area contributed by atoms with Gasteiger partial charge in [-0.3, -0.25) is 4.68 Å². The maximum absolute atomic E-state index is 6.18. The summed E-state index contributed by atoms with van der Waals surface area (Å²) < 4.78 is 13.0. The number of aryl methyl sites for hydroxylation is 2. The van der Waals surface area contributed by atoms with E-state index in [0.29, 0.717) is 10.8 Å². The minimum atomic E-state index is 0.0532. The molecule has 0 bridgehead atoms. The topological polar surface area (TPSA) is 48.3 Å². The van der Waals surface area contributed by atoms with Gasteiger partial charge in [-0.15, -0.1) is 0 Å². The van der Waals surface area contributed by atoms with Gasteiger partial charge < -0.3 is 14.8 Å². The van der Waals surface area contributed by atoms with Crippen LogP contribution in [0.5, 0.6) is 5.75 Å². The number of hydrogen-bond acceptors (Lipinski definition) is 4. The third-order valence-electron chi connectivity index (χ3n) is 4.23. The maximum Gasteiger partial charge on any atom is 0.137 e. The zero-order valence-corrected chi connectivity index (χ0v) is 14.4. The molecule has 2 aromatic rings. The molecule has 6 heteroatoms. The quantitative estimate of drug-likeness (QED) is 0.912. The van der Waals surface area contributed by atoms with Crippen LogP contribution >= 0.6 is 11.6 Å². The molecule has 0 spiro atoms. The Balaban J connectivity index is 1.67. The van der Waals surface area contributed by atoms with Gasteiger partial charge in [0.15, 0.2) is 0 Å². The lowest BCUT2D eigenvalue weighted by molar-refractivity contribution is 0.0979. The van der Waals surface area contributed by atoms with Crippen molar-refractivity contribution < 1.29 is 9.47 Å². The Morgan fingerprint density at radius 2 is 2.30 bits per heavy atom. The maximum atomic E-state index is 6.18.